The van der Waals surface area contributed by atoms with Crippen molar-refractivity contribution >= 4 is 23.0 Å². The Morgan fingerprint density at radius 3 is 2.76 bits per heavy atom. The lowest BCUT2D eigenvalue weighted by molar-refractivity contribution is -0.384. The summed E-state index contributed by atoms with van der Waals surface area (Å²) in [7, 11) is 0. The number of anilines is 2. The summed E-state index contributed by atoms with van der Waals surface area (Å²) >= 11 is 0. The van der Waals surface area contributed by atoms with Gasteiger partial charge in [-0.15, -0.1) is 0 Å². The van der Waals surface area contributed by atoms with E-state index >= 15 is 0 Å². The zero-order valence-corrected chi connectivity index (χ0v) is 12.0. The quantitative estimate of drug-likeness (QED) is 0.664. The molecule has 21 heavy (non-hydrogen) atoms. The van der Waals surface area contributed by atoms with E-state index in [1.54, 1.807) is 6.07 Å². The number of nitro benzene ring substituents is 1. The number of nitrogens with zero attached hydrogens (tertiary/aromatic N) is 2. The number of hydrogen-bond donors (Lipinski definition) is 1. The number of non-ortho nitro benzene ring substituents is 1. The number of rotatable bonds is 5. The zero-order chi connectivity index (χ0) is 15.2. The number of hydrogen-bond acceptors (Lipinski definition) is 5. The van der Waals surface area contributed by atoms with Gasteiger partial charge in [0.2, 0.25) is 5.91 Å². The Kier molecular flexibility index (Phi) is 5.10. The lowest BCUT2D eigenvalue weighted by Crippen LogP contribution is -2.36. The molecule has 0 radical (unpaired) electrons. The minimum Gasteiger partial charge on any atom is -0.378 e. The van der Waals surface area contributed by atoms with Gasteiger partial charge in [-0.2, -0.15) is 0 Å². The van der Waals surface area contributed by atoms with Crippen LogP contribution in [-0.2, 0) is 9.53 Å². The van der Waals surface area contributed by atoms with E-state index in [4.69, 9.17) is 4.74 Å². The van der Waals surface area contributed by atoms with Crippen molar-refractivity contribution in [3.05, 3.63) is 28.3 Å². The number of nitrogens with one attached hydrogen (secondary N) is 1. The van der Waals surface area contributed by atoms with Crippen molar-refractivity contribution in [2.24, 2.45) is 0 Å². The Balaban J connectivity index is 2.29. The molecule has 1 aromatic carbocycles. The minimum atomic E-state index is -0.429. The highest BCUT2D eigenvalue weighted by molar-refractivity contribution is 5.94. The summed E-state index contributed by atoms with van der Waals surface area (Å²) in [4.78, 5) is 24.3. The standard InChI is InChI=1S/C14H19N3O4/c1-2-3-14(18)15-12-5-4-11(17(19)20)10-13(12)16-6-8-21-9-7-16/h4-5,10H,2-3,6-9H2,1H3,(H,15,18). The summed E-state index contributed by atoms with van der Waals surface area (Å²) in [5, 5.41) is 13.8. The fourth-order valence-corrected chi connectivity index (χ4v) is 2.24. The maximum Gasteiger partial charge on any atom is 0.271 e. The zero-order valence-electron chi connectivity index (χ0n) is 12.0. The fraction of sp³-hybridized carbons (Fsp3) is 0.500. The second-order valence-corrected chi connectivity index (χ2v) is 4.86. The molecule has 1 heterocycles. The third-order valence-electron chi connectivity index (χ3n) is 3.30. The van der Waals surface area contributed by atoms with Gasteiger partial charge in [-0.1, -0.05) is 6.92 Å². The van der Waals surface area contributed by atoms with Gasteiger partial charge in [0.1, 0.15) is 0 Å². The van der Waals surface area contributed by atoms with E-state index in [9.17, 15) is 14.9 Å². The van der Waals surface area contributed by atoms with Crippen LogP contribution in [0.25, 0.3) is 0 Å². The highest BCUT2D eigenvalue weighted by atomic mass is 16.6. The van der Waals surface area contributed by atoms with E-state index in [-0.39, 0.29) is 11.6 Å². The van der Waals surface area contributed by atoms with E-state index in [0.717, 1.165) is 6.42 Å². The van der Waals surface area contributed by atoms with Crippen molar-refractivity contribution < 1.29 is 14.5 Å². The summed E-state index contributed by atoms with van der Waals surface area (Å²) in [6.07, 6.45) is 1.19. The van der Waals surface area contributed by atoms with Crippen LogP contribution < -0.4 is 10.2 Å². The lowest BCUT2D eigenvalue weighted by atomic mass is 10.2. The van der Waals surface area contributed by atoms with Crippen molar-refractivity contribution in [2.45, 2.75) is 19.8 Å². The SMILES string of the molecule is CCCC(=O)Nc1ccc([N+](=O)[O-])cc1N1CCOCC1. The lowest BCUT2D eigenvalue weighted by Gasteiger charge is -2.30. The first-order valence-electron chi connectivity index (χ1n) is 7.02. The van der Waals surface area contributed by atoms with Crippen LogP contribution in [0.4, 0.5) is 17.1 Å². The molecule has 7 heteroatoms. The summed E-state index contributed by atoms with van der Waals surface area (Å²) in [5.74, 6) is -0.0825. The van der Waals surface area contributed by atoms with Crippen molar-refractivity contribution in [1.82, 2.24) is 0 Å². The van der Waals surface area contributed by atoms with Gasteiger partial charge in [0.05, 0.1) is 29.5 Å². The maximum absolute atomic E-state index is 11.8. The third kappa shape index (κ3) is 3.91. The van der Waals surface area contributed by atoms with E-state index < -0.39 is 4.92 Å². The molecule has 2 rings (SSSR count). The largest absolute Gasteiger partial charge is 0.378 e. The molecule has 0 aliphatic carbocycles. The predicted octanol–water partition coefficient (Wildman–Crippen LogP) is 2.17. The van der Waals surface area contributed by atoms with Crippen molar-refractivity contribution in [1.29, 1.82) is 0 Å². The first-order valence-corrected chi connectivity index (χ1v) is 7.02. The van der Waals surface area contributed by atoms with Crippen molar-refractivity contribution in [2.75, 3.05) is 36.5 Å². The van der Waals surface area contributed by atoms with E-state index in [2.05, 4.69) is 5.32 Å². The van der Waals surface area contributed by atoms with Crippen molar-refractivity contribution in [3.8, 4) is 0 Å². The molecule has 7 nitrogen and oxygen atoms in total. The van der Waals surface area contributed by atoms with Gasteiger partial charge in [-0.3, -0.25) is 14.9 Å². The average Bonchev–Trinajstić information content (AvgIpc) is 2.48. The number of benzene rings is 1. The average molecular weight is 293 g/mol. The Bertz CT molecular complexity index is 527. The van der Waals surface area contributed by atoms with Crippen LogP contribution in [0.3, 0.4) is 0 Å². The molecular weight excluding hydrogens is 274 g/mol. The number of morpholine rings is 1. The topological polar surface area (TPSA) is 84.7 Å². The van der Waals surface area contributed by atoms with Crippen LogP contribution in [0.5, 0.6) is 0 Å². The fourth-order valence-electron chi connectivity index (χ4n) is 2.24. The smallest absolute Gasteiger partial charge is 0.271 e. The van der Waals surface area contributed by atoms with Gasteiger partial charge < -0.3 is 15.0 Å². The Hall–Kier alpha value is -2.15. The highest BCUT2D eigenvalue weighted by Crippen LogP contribution is 2.31. The summed E-state index contributed by atoms with van der Waals surface area (Å²) in [5.41, 5.74) is 1.31. The van der Waals surface area contributed by atoms with Crippen LogP contribution in [0, 0.1) is 10.1 Å². The van der Waals surface area contributed by atoms with Gasteiger partial charge in [0.25, 0.3) is 5.69 Å². The normalized spacial score (nSPS) is 14.8. The second kappa shape index (κ2) is 7.03. The second-order valence-electron chi connectivity index (χ2n) is 4.86. The highest BCUT2D eigenvalue weighted by Gasteiger charge is 2.19. The van der Waals surface area contributed by atoms with E-state index in [1.165, 1.54) is 12.1 Å². The van der Waals surface area contributed by atoms with Gasteiger partial charge >= 0.3 is 0 Å². The van der Waals surface area contributed by atoms with Gasteiger partial charge in [0, 0.05) is 31.6 Å². The summed E-state index contributed by atoms with van der Waals surface area (Å²) < 4.78 is 5.30. The molecule has 0 aromatic heterocycles. The first kappa shape index (κ1) is 15.2. The molecule has 114 valence electrons. The molecule has 1 fully saturated rings. The van der Waals surface area contributed by atoms with E-state index in [1.807, 2.05) is 11.8 Å². The summed E-state index contributed by atoms with van der Waals surface area (Å²) in [6.45, 7) is 4.38. The third-order valence-corrected chi connectivity index (χ3v) is 3.30. The molecule has 0 atom stereocenters. The number of amides is 1. The van der Waals surface area contributed by atoms with Gasteiger partial charge in [-0.05, 0) is 12.5 Å². The summed E-state index contributed by atoms with van der Waals surface area (Å²) in [6, 6.07) is 4.51. The van der Waals surface area contributed by atoms with Crippen LogP contribution in [0.1, 0.15) is 19.8 Å². The molecule has 0 bridgehead atoms. The Labute approximate surface area is 123 Å². The predicted molar refractivity (Wildman–Crippen MR) is 79.7 cm³/mol. The van der Waals surface area contributed by atoms with Crippen LogP contribution in [0.2, 0.25) is 0 Å². The molecular formula is C14H19N3O4. The number of carbonyl (C=O) groups excluding carboxylic acids is 1. The van der Waals surface area contributed by atoms with Gasteiger partial charge in [-0.25, -0.2) is 0 Å². The maximum atomic E-state index is 11.8. The molecule has 0 spiro atoms. The molecule has 1 amide bonds. The Morgan fingerprint density at radius 2 is 2.14 bits per heavy atom. The molecule has 1 saturated heterocycles. The van der Waals surface area contributed by atoms with Gasteiger partial charge in [0.15, 0.2) is 0 Å². The van der Waals surface area contributed by atoms with Crippen LogP contribution in [-0.4, -0.2) is 37.1 Å². The first-order chi connectivity index (χ1) is 10.1. The number of ether oxygens (including phenoxy) is 1. The Morgan fingerprint density at radius 1 is 1.43 bits per heavy atom. The van der Waals surface area contributed by atoms with E-state index in [0.29, 0.717) is 44.1 Å². The number of carbonyl (C=O) groups is 1. The molecule has 1 aliphatic heterocycles. The number of nitro groups is 1. The monoisotopic (exact) mass is 293 g/mol. The molecule has 1 aliphatic rings. The van der Waals surface area contributed by atoms with Crippen molar-refractivity contribution in [3.63, 3.8) is 0 Å². The molecule has 0 saturated carbocycles. The minimum absolute atomic E-state index is 0.0185. The van der Waals surface area contributed by atoms with Crippen LogP contribution >= 0.6 is 0 Å². The molecule has 1 aromatic rings. The van der Waals surface area contributed by atoms with Crippen LogP contribution in [0.15, 0.2) is 18.2 Å². The molecule has 0 unspecified atom stereocenters. The molecule has 1 N–H and O–H groups in total.